The van der Waals surface area contributed by atoms with Gasteiger partial charge in [0, 0.05) is 14.1 Å². The summed E-state index contributed by atoms with van der Waals surface area (Å²) in [4.78, 5) is 12.8. The molecule has 0 radical (unpaired) electrons. The minimum atomic E-state index is 0.303. The van der Waals surface area contributed by atoms with Crippen LogP contribution in [0.4, 0.5) is 5.95 Å². The van der Waals surface area contributed by atoms with E-state index in [2.05, 4.69) is 10.2 Å². The lowest BCUT2D eigenvalue weighted by Gasteiger charge is -2.13. The Morgan fingerprint density at radius 3 is 2.35 bits per heavy atom. The van der Waals surface area contributed by atoms with Gasteiger partial charge in [-0.15, -0.1) is 10.2 Å². The Labute approximate surface area is 99.7 Å². The van der Waals surface area contributed by atoms with Gasteiger partial charge in [-0.3, -0.25) is 9.36 Å². The fraction of sp³-hybridized carbons (Fsp3) is 0.250. The smallest absolute Gasteiger partial charge is 0.231 e. The van der Waals surface area contributed by atoms with Crippen molar-refractivity contribution >= 4 is 12.2 Å². The van der Waals surface area contributed by atoms with Crippen LogP contribution >= 0.6 is 0 Å². The van der Waals surface area contributed by atoms with Gasteiger partial charge in [0.15, 0.2) is 6.29 Å². The molecular formula is C12H14N4O. The molecular weight excluding hydrogens is 216 g/mol. The highest BCUT2D eigenvalue weighted by Crippen LogP contribution is 2.18. The van der Waals surface area contributed by atoms with Gasteiger partial charge in [-0.2, -0.15) is 0 Å². The van der Waals surface area contributed by atoms with Crippen molar-refractivity contribution in [2.24, 2.45) is 0 Å². The molecule has 0 bridgehead atoms. The molecule has 1 heterocycles. The molecule has 0 spiro atoms. The Kier molecular flexibility index (Phi) is 2.91. The van der Waals surface area contributed by atoms with Gasteiger partial charge in [-0.25, -0.2) is 0 Å². The molecule has 5 heteroatoms. The summed E-state index contributed by atoms with van der Waals surface area (Å²) in [5, 5.41) is 7.85. The number of nitrogens with zero attached hydrogens (tertiary/aromatic N) is 4. The van der Waals surface area contributed by atoms with E-state index >= 15 is 0 Å². The average Bonchev–Trinajstić information content (AvgIpc) is 2.73. The number of carbonyl (C=O) groups excluding carboxylic acids is 1. The van der Waals surface area contributed by atoms with Crippen molar-refractivity contribution < 1.29 is 4.79 Å². The van der Waals surface area contributed by atoms with Crippen molar-refractivity contribution in [2.75, 3.05) is 19.0 Å². The molecule has 1 aromatic heterocycles. The number of hydrogen-bond donors (Lipinski definition) is 0. The number of rotatable bonds is 3. The van der Waals surface area contributed by atoms with E-state index in [0.29, 0.717) is 18.1 Å². The van der Waals surface area contributed by atoms with Gasteiger partial charge >= 0.3 is 0 Å². The minimum Gasteiger partial charge on any atom is -0.347 e. The first kappa shape index (κ1) is 11.3. The molecule has 0 saturated heterocycles. The maximum atomic E-state index is 11.0. The second kappa shape index (κ2) is 4.37. The number of benzene rings is 1. The van der Waals surface area contributed by atoms with E-state index in [1.165, 1.54) is 5.56 Å². The van der Waals surface area contributed by atoms with Gasteiger partial charge in [0.25, 0.3) is 0 Å². The van der Waals surface area contributed by atoms with Crippen molar-refractivity contribution in [3.63, 3.8) is 0 Å². The normalized spacial score (nSPS) is 10.3. The zero-order valence-electron chi connectivity index (χ0n) is 10.1. The molecule has 0 atom stereocenters. The molecule has 17 heavy (non-hydrogen) atoms. The first-order chi connectivity index (χ1) is 8.13. The summed E-state index contributed by atoms with van der Waals surface area (Å²) < 4.78 is 1.73. The number of hydrogen-bond acceptors (Lipinski definition) is 4. The third kappa shape index (κ3) is 2.04. The summed E-state index contributed by atoms with van der Waals surface area (Å²) in [6.45, 7) is 2.02. The summed E-state index contributed by atoms with van der Waals surface area (Å²) in [6.07, 6.45) is 0.708. The number of anilines is 1. The molecule has 0 aliphatic carbocycles. The van der Waals surface area contributed by atoms with E-state index in [1.807, 2.05) is 50.2 Å². The van der Waals surface area contributed by atoms with Gasteiger partial charge in [0.2, 0.25) is 11.8 Å². The number of aromatic nitrogens is 3. The van der Waals surface area contributed by atoms with Crippen molar-refractivity contribution in [2.45, 2.75) is 6.92 Å². The van der Waals surface area contributed by atoms with Crippen LogP contribution < -0.4 is 4.90 Å². The lowest BCUT2D eigenvalue weighted by Crippen LogP contribution is -2.15. The van der Waals surface area contributed by atoms with Crippen LogP contribution in [0.25, 0.3) is 5.69 Å². The number of aryl methyl sites for hydroxylation is 1. The van der Waals surface area contributed by atoms with Crippen LogP contribution in [-0.2, 0) is 0 Å². The van der Waals surface area contributed by atoms with Crippen LogP contribution in [-0.4, -0.2) is 35.1 Å². The molecule has 5 nitrogen and oxygen atoms in total. The highest BCUT2D eigenvalue weighted by atomic mass is 16.1. The predicted octanol–water partition coefficient (Wildman–Crippen LogP) is 1.45. The first-order valence-electron chi connectivity index (χ1n) is 5.28. The third-order valence-corrected chi connectivity index (χ3v) is 2.47. The minimum absolute atomic E-state index is 0.303. The van der Waals surface area contributed by atoms with Crippen molar-refractivity contribution in [3.05, 3.63) is 35.7 Å². The average molecular weight is 230 g/mol. The van der Waals surface area contributed by atoms with E-state index in [-0.39, 0.29) is 0 Å². The van der Waals surface area contributed by atoms with Crippen molar-refractivity contribution in [3.8, 4) is 5.69 Å². The van der Waals surface area contributed by atoms with Crippen LogP contribution in [0.1, 0.15) is 16.2 Å². The maximum absolute atomic E-state index is 11.0. The quantitative estimate of drug-likeness (QED) is 0.749. The summed E-state index contributed by atoms with van der Waals surface area (Å²) in [5.41, 5.74) is 2.05. The lowest BCUT2D eigenvalue weighted by atomic mass is 10.2. The predicted molar refractivity (Wildman–Crippen MR) is 65.8 cm³/mol. The Morgan fingerprint density at radius 2 is 1.82 bits per heavy atom. The molecule has 0 fully saturated rings. The van der Waals surface area contributed by atoms with Crippen LogP contribution in [0, 0.1) is 6.92 Å². The van der Waals surface area contributed by atoms with E-state index in [0.717, 1.165) is 5.69 Å². The topological polar surface area (TPSA) is 51.0 Å². The van der Waals surface area contributed by atoms with E-state index < -0.39 is 0 Å². The Morgan fingerprint density at radius 1 is 1.18 bits per heavy atom. The first-order valence-corrected chi connectivity index (χ1v) is 5.28. The lowest BCUT2D eigenvalue weighted by molar-refractivity contribution is 0.111. The standard InChI is InChI=1S/C12H14N4O/c1-9-4-6-10(7-5-9)16-11(8-17)13-14-12(16)15(2)3/h4-8H,1-3H3. The fourth-order valence-corrected chi connectivity index (χ4v) is 1.60. The highest BCUT2D eigenvalue weighted by Gasteiger charge is 2.14. The fourth-order valence-electron chi connectivity index (χ4n) is 1.60. The second-order valence-electron chi connectivity index (χ2n) is 4.04. The molecule has 0 saturated carbocycles. The SMILES string of the molecule is Cc1ccc(-n2c(C=O)nnc2N(C)C)cc1. The summed E-state index contributed by atoms with van der Waals surface area (Å²) in [7, 11) is 3.73. The molecule has 2 aromatic rings. The Bertz CT molecular complexity index is 528. The molecule has 0 aliphatic heterocycles. The number of carbonyl (C=O) groups is 1. The van der Waals surface area contributed by atoms with Gasteiger partial charge in [-0.05, 0) is 19.1 Å². The maximum Gasteiger partial charge on any atom is 0.231 e. The van der Waals surface area contributed by atoms with Gasteiger partial charge in [0.1, 0.15) is 0 Å². The summed E-state index contributed by atoms with van der Waals surface area (Å²) in [6, 6.07) is 7.87. The van der Waals surface area contributed by atoms with E-state index in [9.17, 15) is 4.79 Å². The Balaban J connectivity index is 2.59. The monoisotopic (exact) mass is 230 g/mol. The molecule has 2 rings (SSSR count). The summed E-state index contributed by atoms with van der Waals surface area (Å²) in [5.74, 6) is 0.938. The van der Waals surface area contributed by atoms with Crippen LogP contribution in [0.5, 0.6) is 0 Å². The van der Waals surface area contributed by atoms with Crippen LogP contribution in [0.3, 0.4) is 0 Å². The van der Waals surface area contributed by atoms with Gasteiger partial charge in [-0.1, -0.05) is 17.7 Å². The molecule has 0 N–H and O–H groups in total. The Hall–Kier alpha value is -2.17. The molecule has 1 aromatic carbocycles. The number of aldehydes is 1. The van der Waals surface area contributed by atoms with Crippen LogP contribution in [0.2, 0.25) is 0 Å². The highest BCUT2D eigenvalue weighted by molar-refractivity contribution is 5.72. The van der Waals surface area contributed by atoms with Gasteiger partial charge < -0.3 is 4.90 Å². The van der Waals surface area contributed by atoms with E-state index in [1.54, 1.807) is 4.57 Å². The molecule has 0 aliphatic rings. The third-order valence-electron chi connectivity index (χ3n) is 2.47. The zero-order chi connectivity index (χ0) is 12.4. The van der Waals surface area contributed by atoms with Crippen LogP contribution in [0.15, 0.2) is 24.3 Å². The molecule has 88 valence electrons. The second-order valence-corrected chi connectivity index (χ2v) is 4.04. The molecule has 0 unspecified atom stereocenters. The summed E-state index contributed by atoms with van der Waals surface area (Å²) >= 11 is 0. The molecule has 0 amide bonds. The zero-order valence-corrected chi connectivity index (χ0v) is 10.1. The van der Waals surface area contributed by atoms with Gasteiger partial charge in [0.05, 0.1) is 5.69 Å². The van der Waals surface area contributed by atoms with E-state index in [4.69, 9.17) is 0 Å². The largest absolute Gasteiger partial charge is 0.347 e. The van der Waals surface area contributed by atoms with Crippen molar-refractivity contribution in [1.29, 1.82) is 0 Å². The van der Waals surface area contributed by atoms with Crippen molar-refractivity contribution in [1.82, 2.24) is 14.8 Å².